The van der Waals surface area contributed by atoms with Crippen LogP contribution >= 0.6 is 0 Å². The third kappa shape index (κ3) is 3.94. The number of nitrogens with zero attached hydrogens (tertiary/aromatic N) is 2. The summed E-state index contributed by atoms with van der Waals surface area (Å²) in [6.45, 7) is 3.79. The Morgan fingerprint density at radius 3 is 2.35 bits per heavy atom. The van der Waals surface area contributed by atoms with Gasteiger partial charge in [0.2, 0.25) is 11.8 Å². The molecule has 1 atom stereocenters. The third-order valence-electron chi connectivity index (χ3n) is 5.40. The van der Waals surface area contributed by atoms with Crippen LogP contribution in [0.1, 0.15) is 30.0 Å². The van der Waals surface area contributed by atoms with E-state index in [1.807, 2.05) is 49.4 Å². The molecule has 3 amide bonds. The van der Waals surface area contributed by atoms with Crippen molar-refractivity contribution in [1.29, 1.82) is 0 Å². The molecule has 7 nitrogen and oxygen atoms in total. The number of hydrogen-bond acceptors (Lipinski definition) is 4. The lowest BCUT2D eigenvalue weighted by atomic mass is 9.99. The summed E-state index contributed by atoms with van der Waals surface area (Å²) in [6, 6.07) is 16.3. The number of benzene rings is 2. The van der Waals surface area contributed by atoms with Crippen molar-refractivity contribution in [3.05, 3.63) is 72.2 Å². The molecule has 0 fully saturated rings. The number of primary amides is 1. The summed E-state index contributed by atoms with van der Waals surface area (Å²) in [5.74, 6) is -0.472. The van der Waals surface area contributed by atoms with Crippen LogP contribution in [0.4, 0.5) is 11.4 Å². The van der Waals surface area contributed by atoms with E-state index >= 15 is 0 Å². The highest BCUT2D eigenvalue weighted by atomic mass is 16.3. The van der Waals surface area contributed by atoms with Crippen molar-refractivity contribution in [1.82, 2.24) is 0 Å². The fourth-order valence-corrected chi connectivity index (χ4v) is 4.03. The van der Waals surface area contributed by atoms with Gasteiger partial charge >= 0.3 is 0 Å². The highest BCUT2D eigenvalue weighted by Gasteiger charge is 2.34. The van der Waals surface area contributed by atoms with Crippen molar-refractivity contribution < 1.29 is 18.8 Å². The van der Waals surface area contributed by atoms with Gasteiger partial charge in [-0.15, -0.1) is 0 Å². The topological polar surface area (TPSA) is 96.9 Å². The first-order valence-corrected chi connectivity index (χ1v) is 10.0. The van der Waals surface area contributed by atoms with Crippen LogP contribution in [0.15, 0.2) is 65.3 Å². The molecule has 2 heterocycles. The molecule has 0 saturated carbocycles. The summed E-state index contributed by atoms with van der Waals surface area (Å²) in [4.78, 5) is 40.0. The molecule has 0 unspecified atom stereocenters. The molecule has 0 saturated heterocycles. The molecule has 2 N–H and O–H groups in total. The number of anilines is 2. The van der Waals surface area contributed by atoms with Gasteiger partial charge in [0.25, 0.3) is 5.91 Å². The summed E-state index contributed by atoms with van der Waals surface area (Å²) < 4.78 is 5.32. The Balaban J connectivity index is 1.77. The molecule has 0 radical (unpaired) electrons. The second-order valence-electron chi connectivity index (χ2n) is 7.67. The lowest BCUT2D eigenvalue weighted by Crippen LogP contribution is -2.51. The summed E-state index contributed by atoms with van der Waals surface area (Å²) in [6.07, 6.45) is 1.65. The molecule has 0 spiro atoms. The van der Waals surface area contributed by atoms with E-state index in [4.69, 9.17) is 10.2 Å². The molecule has 0 aliphatic carbocycles. The van der Waals surface area contributed by atoms with E-state index in [2.05, 4.69) is 0 Å². The summed E-state index contributed by atoms with van der Waals surface area (Å²) in [5.41, 5.74) is 9.24. The third-order valence-corrected chi connectivity index (χ3v) is 5.40. The Hall–Kier alpha value is -3.87. The van der Waals surface area contributed by atoms with E-state index in [9.17, 15) is 14.4 Å². The average molecular weight is 417 g/mol. The van der Waals surface area contributed by atoms with Crippen LogP contribution in [0.5, 0.6) is 0 Å². The monoisotopic (exact) mass is 417 g/mol. The van der Waals surface area contributed by atoms with Gasteiger partial charge in [0.05, 0.1) is 30.1 Å². The quantitative estimate of drug-likeness (QED) is 0.704. The van der Waals surface area contributed by atoms with Crippen LogP contribution in [0.2, 0.25) is 0 Å². The molecule has 0 bridgehead atoms. The first-order valence-electron chi connectivity index (χ1n) is 10.0. The zero-order chi connectivity index (χ0) is 22.1. The van der Waals surface area contributed by atoms with Gasteiger partial charge in [-0.3, -0.25) is 14.4 Å². The van der Waals surface area contributed by atoms with Crippen LogP contribution in [-0.2, 0) is 16.0 Å². The lowest BCUT2D eigenvalue weighted by molar-refractivity contribution is -0.118. The highest BCUT2D eigenvalue weighted by Crippen LogP contribution is 2.39. The van der Waals surface area contributed by atoms with Crippen molar-refractivity contribution in [2.45, 2.75) is 26.3 Å². The van der Waals surface area contributed by atoms with Crippen LogP contribution in [-0.4, -0.2) is 30.3 Å². The van der Waals surface area contributed by atoms with Crippen LogP contribution in [0.3, 0.4) is 0 Å². The second kappa shape index (κ2) is 8.10. The molecule has 7 heteroatoms. The van der Waals surface area contributed by atoms with Crippen LogP contribution in [0.25, 0.3) is 11.1 Å². The number of nitrogens with two attached hydrogens (primary N) is 1. The standard InChI is InChI=1S/C24H23N3O4/c1-15-14-26(24(30)22-4-3-11-31-22)21-13-19(9-10-20(21)27(15)16(2)28)18-7-5-17(6-8-18)12-23(25)29/h3-11,13,15H,12,14H2,1-2H3,(H2,25,29)/t15-/m0/s1. The molecule has 31 heavy (non-hydrogen) atoms. The van der Waals surface area contributed by atoms with Crippen LogP contribution in [0, 0.1) is 0 Å². The van der Waals surface area contributed by atoms with Gasteiger partial charge in [0.1, 0.15) is 0 Å². The molecular weight excluding hydrogens is 394 g/mol. The Bertz CT molecular complexity index is 1140. The van der Waals surface area contributed by atoms with Gasteiger partial charge in [0, 0.05) is 13.5 Å². The fraction of sp³-hybridized carbons (Fsp3) is 0.208. The number of carbonyl (C=O) groups is 3. The van der Waals surface area contributed by atoms with Gasteiger partial charge in [-0.25, -0.2) is 0 Å². The minimum Gasteiger partial charge on any atom is -0.459 e. The number of hydrogen-bond donors (Lipinski definition) is 1. The molecule has 1 aliphatic heterocycles. The fourth-order valence-electron chi connectivity index (χ4n) is 4.03. The second-order valence-corrected chi connectivity index (χ2v) is 7.67. The Labute approximate surface area is 180 Å². The van der Waals surface area contributed by atoms with E-state index in [0.717, 1.165) is 16.7 Å². The maximum Gasteiger partial charge on any atom is 0.294 e. The van der Waals surface area contributed by atoms with E-state index in [-0.39, 0.29) is 35.9 Å². The SMILES string of the molecule is CC(=O)N1c2ccc(-c3ccc(CC(N)=O)cc3)cc2N(C(=O)c2ccco2)C[C@@H]1C. The van der Waals surface area contributed by atoms with Gasteiger partial charge in [0.15, 0.2) is 5.76 Å². The smallest absolute Gasteiger partial charge is 0.294 e. The van der Waals surface area contributed by atoms with Crippen molar-refractivity contribution in [3.8, 4) is 11.1 Å². The lowest BCUT2D eigenvalue weighted by Gasteiger charge is -2.40. The average Bonchev–Trinajstić information content (AvgIpc) is 3.27. The summed E-state index contributed by atoms with van der Waals surface area (Å²) in [7, 11) is 0. The summed E-state index contributed by atoms with van der Waals surface area (Å²) in [5, 5.41) is 0. The molecule has 1 aromatic heterocycles. The molecule has 4 rings (SSSR count). The predicted molar refractivity (Wildman–Crippen MR) is 118 cm³/mol. The minimum atomic E-state index is -0.382. The maximum atomic E-state index is 13.1. The highest BCUT2D eigenvalue weighted by molar-refractivity contribution is 6.10. The molecule has 3 aromatic rings. The molecule has 2 aromatic carbocycles. The van der Waals surface area contributed by atoms with Crippen LogP contribution < -0.4 is 15.5 Å². The molecule has 1 aliphatic rings. The normalized spacial score (nSPS) is 15.5. The Morgan fingerprint density at radius 1 is 1.03 bits per heavy atom. The zero-order valence-electron chi connectivity index (χ0n) is 17.4. The van der Waals surface area contributed by atoms with Crippen molar-refractivity contribution in [3.63, 3.8) is 0 Å². The van der Waals surface area contributed by atoms with Gasteiger partial charge in [-0.2, -0.15) is 0 Å². The predicted octanol–water partition coefficient (Wildman–Crippen LogP) is 3.38. The van der Waals surface area contributed by atoms with Crippen molar-refractivity contribution in [2.24, 2.45) is 5.73 Å². The Kier molecular flexibility index (Phi) is 5.33. The number of furan rings is 1. The number of rotatable bonds is 4. The first kappa shape index (κ1) is 20.4. The molecular formula is C24H23N3O4. The largest absolute Gasteiger partial charge is 0.459 e. The van der Waals surface area contributed by atoms with Gasteiger partial charge in [-0.1, -0.05) is 30.3 Å². The molecule has 158 valence electrons. The van der Waals surface area contributed by atoms with Crippen molar-refractivity contribution >= 4 is 29.1 Å². The first-order chi connectivity index (χ1) is 14.8. The zero-order valence-corrected chi connectivity index (χ0v) is 17.4. The van der Waals surface area contributed by atoms with Gasteiger partial charge < -0.3 is 20.0 Å². The number of fused-ring (bicyclic) bond motifs is 1. The van der Waals surface area contributed by atoms with E-state index in [1.165, 1.54) is 13.2 Å². The number of amides is 3. The Morgan fingerprint density at radius 2 is 1.74 bits per heavy atom. The number of carbonyl (C=O) groups excluding carboxylic acids is 3. The van der Waals surface area contributed by atoms with Gasteiger partial charge in [-0.05, 0) is 47.9 Å². The maximum absolute atomic E-state index is 13.1. The summed E-state index contributed by atoms with van der Waals surface area (Å²) >= 11 is 0. The van der Waals surface area contributed by atoms with E-state index in [1.54, 1.807) is 21.9 Å². The minimum absolute atomic E-state index is 0.0811. The van der Waals surface area contributed by atoms with E-state index in [0.29, 0.717) is 17.9 Å². The van der Waals surface area contributed by atoms with Crippen molar-refractivity contribution in [2.75, 3.05) is 16.3 Å². The van der Waals surface area contributed by atoms with E-state index < -0.39 is 0 Å².